The highest BCUT2D eigenvalue weighted by Gasteiger charge is 2.27. The van der Waals surface area contributed by atoms with Crippen LogP contribution in [-0.2, 0) is 6.54 Å². The van der Waals surface area contributed by atoms with Gasteiger partial charge < -0.3 is 10.1 Å². The summed E-state index contributed by atoms with van der Waals surface area (Å²) in [4.78, 5) is 0. The lowest BCUT2D eigenvalue weighted by atomic mass is 10.2. The molecule has 0 aliphatic rings. The van der Waals surface area contributed by atoms with E-state index in [1.807, 2.05) is 18.2 Å². The Hall–Kier alpha value is -0.880. The topological polar surface area (TPSA) is 21.3 Å². The minimum absolute atomic E-state index is 0.0469. The van der Waals surface area contributed by atoms with E-state index in [2.05, 4.69) is 19.2 Å². The fourth-order valence-corrected chi connectivity index (χ4v) is 1.78. The molecule has 0 aliphatic carbocycles. The number of ether oxygens (including phenoxy) is 1. The largest absolute Gasteiger partial charge is 0.493 e. The van der Waals surface area contributed by atoms with Crippen molar-refractivity contribution in [1.29, 1.82) is 0 Å². The molecule has 108 valence electrons. The lowest BCUT2D eigenvalue weighted by molar-refractivity contribution is -0.0329. The zero-order valence-corrected chi connectivity index (χ0v) is 11.8. The molecule has 0 saturated heterocycles. The van der Waals surface area contributed by atoms with Gasteiger partial charge in [0.05, 0.1) is 6.61 Å². The predicted molar refractivity (Wildman–Crippen MR) is 72.4 cm³/mol. The molecule has 0 unspecified atom stereocenters. The molecule has 19 heavy (non-hydrogen) atoms. The van der Waals surface area contributed by atoms with Crippen LogP contribution in [0.3, 0.4) is 0 Å². The quantitative estimate of drug-likeness (QED) is 0.772. The van der Waals surface area contributed by atoms with E-state index in [9.17, 15) is 13.2 Å². The number of hydrogen-bond acceptors (Lipinski definition) is 3. The molecule has 0 bridgehead atoms. The zero-order valence-electron chi connectivity index (χ0n) is 11.0. The van der Waals surface area contributed by atoms with Crippen molar-refractivity contribution in [2.45, 2.75) is 31.9 Å². The Morgan fingerprint density at radius 3 is 2.68 bits per heavy atom. The zero-order chi connectivity index (χ0) is 14.3. The van der Waals surface area contributed by atoms with Crippen LogP contribution in [0.25, 0.3) is 0 Å². The molecule has 1 aromatic rings. The minimum atomic E-state index is -4.19. The van der Waals surface area contributed by atoms with E-state index in [4.69, 9.17) is 4.74 Å². The first kappa shape index (κ1) is 16.2. The molecule has 0 spiro atoms. The molecule has 1 aromatic carbocycles. The second-order valence-corrected chi connectivity index (χ2v) is 5.49. The van der Waals surface area contributed by atoms with Crippen LogP contribution in [0.4, 0.5) is 13.2 Å². The molecule has 1 rings (SSSR count). The normalized spacial score (nSPS) is 11.9. The van der Waals surface area contributed by atoms with E-state index < -0.39 is 5.51 Å². The molecule has 6 heteroatoms. The maximum Gasteiger partial charge on any atom is 0.441 e. The van der Waals surface area contributed by atoms with Crippen LogP contribution in [-0.4, -0.2) is 23.9 Å². The molecule has 0 saturated carbocycles. The smallest absolute Gasteiger partial charge is 0.441 e. The van der Waals surface area contributed by atoms with Crippen molar-refractivity contribution in [3.8, 4) is 5.75 Å². The Bertz CT molecular complexity index is 382. The monoisotopic (exact) mass is 293 g/mol. The standard InChI is InChI=1S/C13H18F3NOS/c1-10(2)17-9-11-4-3-5-12(8-11)18-6-7-19-13(14,15)16/h3-5,8,10,17H,6-7,9H2,1-2H3. The summed E-state index contributed by atoms with van der Waals surface area (Å²) >= 11 is -0.0662. The highest BCUT2D eigenvalue weighted by Crippen LogP contribution is 2.29. The summed E-state index contributed by atoms with van der Waals surface area (Å²) in [7, 11) is 0. The number of hydrogen-bond donors (Lipinski definition) is 1. The number of thioether (sulfide) groups is 1. The van der Waals surface area contributed by atoms with Gasteiger partial charge in [0, 0.05) is 18.3 Å². The Labute approximate surface area is 115 Å². The third kappa shape index (κ3) is 8.00. The lowest BCUT2D eigenvalue weighted by Gasteiger charge is -2.11. The average molecular weight is 293 g/mol. The lowest BCUT2D eigenvalue weighted by Crippen LogP contribution is -2.21. The maximum atomic E-state index is 11.9. The summed E-state index contributed by atoms with van der Waals surface area (Å²) < 4.78 is 41.1. The van der Waals surface area contributed by atoms with Crippen LogP contribution >= 0.6 is 11.8 Å². The predicted octanol–water partition coefficient (Wildman–Crippen LogP) is 3.82. The van der Waals surface area contributed by atoms with E-state index in [0.717, 1.165) is 5.56 Å². The molecule has 0 amide bonds. The van der Waals surface area contributed by atoms with Gasteiger partial charge in [-0.05, 0) is 29.5 Å². The molecule has 0 radical (unpaired) electrons. The van der Waals surface area contributed by atoms with E-state index in [1.54, 1.807) is 6.07 Å². The van der Waals surface area contributed by atoms with Crippen molar-refractivity contribution in [1.82, 2.24) is 5.32 Å². The van der Waals surface area contributed by atoms with Gasteiger partial charge in [-0.1, -0.05) is 26.0 Å². The molecule has 1 N–H and O–H groups in total. The van der Waals surface area contributed by atoms with Crippen molar-refractivity contribution in [2.24, 2.45) is 0 Å². The summed E-state index contributed by atoms with van der Waals surface area (Å²) in [5, 5.41) is 3.27. The van der Waals surface area contributed by atoms with Crippen LogP contribution in [0.1, 0.15) is 19.4 Å². The van der Waals surface area contributed by atoms with E-state index in [0.29, 0.717) is 18.3 Å². The van der Waals surface area contributed by atoms with Gasteiger partial charge in [-0.3, -0.25) is 0 Å². The third-order valence-electron chi connectivity index (χ3n) is 2.23. The molecule has 0 atom stereocenters. The molecule has 0 fully saturated rings. The van der Waals surface area contributed by atoms with E-state index >= 15 is 0 Å². The molecular formula is C13H18F3NOS. The minimum Gasteiger partial charge on any atom is -0.493 e. The third-order valence-corrected chi connectivity index (χ3v) is 2.93. The van der Waals surface area contributed by atoms with Crippen LogP contribution in [0.5, 0.6) is 5.75 Å². The summed E-state index contributed by atoms with van der Waals surface area (Å²) in [5.41, 5.74) is -3.14. The molecule has 0 aliphatic heterocycles. The van der Waals surface area contributed by atoms with Gasteiger partial charge in [0.15, 0.2) is 0 Å². The average Bonchev–Trinajstić information content (AvgIpc) is 2.32. The fraction of sp³-hybridized carbons (Fsp3) is 0.538. The van der Waals surface area contributed by atoms with Crippen LogP contribution in [0, 0.1) is 0 Å². The molecule has 0 heterocycles. The number of nitrogens with one attached hydrogen (secondary N) is 1. The van der Waals surface area contributed by atoms with Crippen molar-refractivity contribution in [3.05, 3.63) is 29.8 Å². The van der Waals surface area contributed by atoms with Crippen molar-refractivity contribution in [2.75, 3.05) is 12.4 Å². The number of benzene rings is 1. The number of alkyl halides is 3. The maximum absolute atomic E-state index is 11.9. The van der Waals surface area contributed by atoms with E-state index in [-0.39, 0.29) is 24.1 Å². The van der Waals surface area contributed by atoms with Crippen LogP contribution in [0.2, 0.25) is 0 Å². The highest BCUT2D eigenvalue weighted by molar-refractivity contribution is 8.00. The number of halogens is 3. The van der Waals surface area contributed by atoms with Gasteiger partial charge in [0.1, 0.15) is 5.75 Å². The molecular weight excluding hydrogens is 275 g/mol. The van der Waals surface area contributed by atoms with Gasteiger partial charge in [-0.2, -0.15) is 13.2 Å². The molecule has 0 aromatic heterocycles. The Morgan fingerprint density at radius 2 is 2.05 bits per heavy atom. The SMILES string of the molecule is CC(C)NCc1cccc(OCCSC(F)(F)F)c1. The number of rotatable bonds is 7. The van der Waals surface area contributed by atoms with Gasteiger partial charge in [-0.15, -0.1) is 0 Å². The fourth-order valence-electron chi connectivity index (χ4n) is 1.38. The summed E-state index contributed by atoms with van der Waals surface area (Å²) in [6.07, 6.45) is 0. The van der Waals surface area contributed by atoms with Crippen LogP contribution < -0.4 is 10.1 Å². The van der Waals surface area contributed by atoms with Crippen molar-refractivity contribution in [3.63, 3.8) is 0 Å². The Kier molecular flexibility index (Phi) is 6.51. The summed E-state index contributed by atoms with van der Waals surface area (Å²) in [5.74, 6) is 0.503. The first-order valence-electron chi connectivity index (χ1n) is 6.02. The van der Waals surface area contributed by atoms with Crippen molar-refractivity contribution < 1.29 is 17.9 Å². The highest BCUT2D eigenvalue weighted by atomic mass is 32.2. The second kappa shape index (κ2) is 7.65. The van der Waals surface area contributed by atoms with Gasteiger partial charge >= 0.3 is 5.51 Å². The Morgan fingerprint density at radius 1 is 1.32 bits per heavy atom. The van der Waals surface area contributed by atoms with Crippen molar-refractivity contribution >= 4 is 11.8 Å². The first-order valence-corrected chi connectivity index (χ1v) is 7.01. The van der Waals surface area contributed by atoms with E-state index in [1.165, 1.54) is 0 Å². The summed E-state index contributed by atoms with van der Waals surface area (Å²) in [6.45, 7) is 4.86. The van der Waals surface area contributed by atoms with Gasteiger partial charge in [0.2, 0.25) is 0 Å². The first-order chi connectivity index (χ1) is 8.87. The van der Waals surface area contributed by atoms with Crippen LogP contribution in [0.15, 0.2) is 24.3 Å². The van der Waals surface area contributed by atoms with Gasteiger partial charge in [-0.25, -0.2) is 0 Å². The molecule has 2 nitrogen and oxygen atoms in total. The van der Waals surface area contributed by atoms with Gasteiger partial charge in [0.25, 0.3) is 0 Å². The summed E-state index contributed by atoms with van der Waals surface area (Å²) in [6, 6.07) is 7.76. The second-order valence-electron chi connectivity index (χ2n) is 4.33. The Balaban J connectivity index is 2.35.